The standard InChI is InChI=1S/4Cu.H2S/h;;;;1H2. The molecular weight excluding hydrogens is 286 g/mol. The Kier molecular flexibility index (Phi) is 335. The summed E-state index contributed by atoms with van der Waals surface area (Å²) >= 11 is 0. The van der Waals surface area contributed by atoms with E-state index < -0.39 is 0 Å². The van der Waals surface area contributed by atoms with Crippen LogP contribution in [-0.4, -0.2) is 0 Å². The molecule has 0 N–H and O–H groups in total. The molecule has 0 spiro atoms. The minimum Gasteiger partial charge on any atom is -0.197 e. The average molecular weight is 288 g/mol. The van der Waals surface area contributed by atoms with Crippen molar-refractivity contribution in [2.45, 2.75) is 0 Å². The van der Waals surface area contributed by atoms with E-state index in [1.54, 1.807) is 0 Å². The zero-order chi connectivity index (χ0) is 0. The van der Waals surface area contributed by atoms with Gasteiger partial charge in [0.2, 0.25) is 0 Å². The number of hydrogen-bond donors (Lipinski definition) is 0. The Labute approximate surface area is 80.9 Å². The molecular formula is H2Cu4S. The summed E-state index contributed by atoms with van der Waals surface area (Å²) in [6.07, 6.45) is 0. The first-order valence-electron chi connectivity index (χ1n) is 0. The summed E-state index contributed by atoms with van der Waals surface area (Å²) in [5.41, 5.74) is 0. The van der Waals surface area contributed by atoms with Crippen LogP contribution in [0.4, 0.5) is 0 Å². The SMILES string of the molecule is S.[Cu].[Cu].[Cu].[Cu]. The molecule has 0 bridgehead atoms. The van der Waals surface area contributed by atoms with Gasteiger partial charge in [-0.3, -0.25) is 0 Å². The Morgan fingerprint density at radius 2 is 0.400 bits per heavy atom. The minimum absolute atomic E-state index is 0. The van der Waals surface area contributed by atoms with Gasteiger partial charge in [0.1, 0.15) is 0 Å². The van der Waals surface area contributed by atoms with E-state index in [0.29, 0.717) is 0 Å². The van der Waals surface area contributed by atoms with E-state index in [0.717, 1.165) is 0 Å². The Morgan fingerprint density at radius 1 is 0.400 bits per heavy atom. The van der Waals surface area contributed by atoms with Crippen LogP contribution in [0.15, 0.2) is 0 Å². The van der Waals surface area contributed by atoms with Crippen molar-refractivity contribution >= 4 is 13.5 Å². The van der Waals surface area contributed by atoms with Crippen molar-refractivity contribution in [3.05, 3.63) is 0 Å². The van der Waals surface area contributed by atoms with Gasteiger partial charge in [-0.2, -0.15) is 13.5 Å². The van der Waals surface area contributed by atoms with Gasteiger partial charge in [-0.05, 0) is 0 Å². The van der Waals surface area contributed by atoms with E-state index in [9.17, 15) is 0 Å². The Balaban J connectivity index is 0. The fourth-order valence-corrected chi connectivity index (χ4v) is 0. The van der Waals surface area contributed by atoms with Crippen molar-refractivity contribution in [2.75, 3.05) is 0 Å². The van der Waals surface area contributed by atoms with Crippen LogP contribution in [0.1, 0.15) is 0 Å². The van der Waals surface area contributed by atoms with Crippen LogP contribution in [0.2, 0.25) is 0 Å². The maximum atomic E-state index is 0. The third kappa shape index (κ3) is 21.4. The van der Waals surface area contributed by atoms with E-state index in [2.05, 4.69) is 0 Å². The van der Waals surface area contributed by atoms with Gasteiger partial charge in [-0.25, -0.2) is 0 Å². The van der Waals surface area contributed by atoms with E-state index in [1.807, 2.05) is 0 Å². The zero-order valence-corrected chi connectivity index (χ0v) is 6.47. The van der Waals surface area contributed by atoms with Gasteiger partial charge in [0.15, 0.2) is 0 Å². The van der Waals surface area contributed by atoms with Crippen molar-refractivity contribution in [1.82, 2.24) is 0 Å². The average Bonchev–Trinajstić information content (AvgIpc) is 0. The van der Waals surface area contributed by atoms with Crippen LogP contribution in [0, 0.1) is 0 Å². The molecule has 0 aromatic rings. The number of rotatable bonds is 0. The van der Waals surface area contributed by atoms with Gasteiger partial charge >= 0.3 is 0 Å². The summed E-state index contributed by atoms with van der Waals surface area (Å²) in [5, 5.41) is 0. The van der Waals surface area contributed by atoms with Gasteiger partial charge in [0, 0.05) is 68.3 Å². The van der Waals surface area contributed by atoms with Crippen molar-refractivity contribution in [2.24, 2.45) is 0 Å². The second-order valence-electron chi connectivity index (χ2n) is 0. The summed E-state index contributed by atoms with van der Waals surface area (Å²) in [6, 6.07) is 0. The molecule has 0 saturated carbocycles. The molecule has 0 saturated heterocycles. The maximum Gasteiger partial charge on any atom is 0 e. The number of hydrogen-bond acceptors (Lipinski definition) is 0. The Bertz CT molecular complexity index is 3.61. The van der Waals surface area contributed by atoms with Crippen molar-refractivity contribution in [1.29, 1.82) is 0 Å². The molecule has 0 aromatic carbocycles. The van der Waals surface area contributed by atoms with Crippen LogP contribution in [0.25, 0.3) is 0 Å². The van der Waals surface area contributed by atoms with Gasteiger partial charge in [0.05, 0.1) is 0 Å². The Morgan fingerprint density at radius 3 is 0.400 bits per heavy atom. The van der Waals surface area contributed by atoms with E-state index in [4.69, 9.17) is 0 Å². The fourth-order valence-electron chi connectivity index (χ4n) is 0. The first-order valence-corrected chi connectivity index (χ1v) is 0. The summed E-state index contributed by atoms with van der Waals surface area (Å²) in [5.74, 6) is 0. The first-order chi connectivity index (χ1) is 0. The molecule has 0 aromatic heterocycles. The molecule has 0 aliphatic rings. The smallest absolute Gasteiger partial charge is 0 e. The van der Waals surface area contributed by atoms with E-state index in [-0.39, 0.29) is 81.8 Å². The molecule has 52 valence electrons. The molecule has 0 aliphatic carbocycles. The third-order valence-electron chi connectivity index (χ3n) is 0. The van der Waals surface area contributed by atoms with Crippen molar-refractivity contribution < 1.29 is 68.3 Å². The normalized spacial score (nSPS) is 0. The molecule has 0 rings (SSSR count). The van der Waals surface area contributed by atoms with Crippen LogP contribution in [0.3, 0.4) is 0 Å². The summed E-state index contributed by atoms with van der Waals surface area (Å²) in [4.78, 5) is 0. The largest absolute Gasteiger partial charge is 0.197 e. The topological polar surface area (TPSA) is 0 Å². The molecule has 0 nitrogen and oxygen atoms in total. The predicted molar refractivity (Wildman–Crippen MR) is 10.4 cm³/mol. The first kappa shape index (κ1) is 52.1. The summed E-state index contributed by atoms with van der Waals surface area (Å²) < 4.78 is 0. The van der Waals surface area contributed by atoms with Gasteiger partial charge in [0.25, 0.3) is 0 Å². The van der Waals surface area contributed by atoms with Crippen molar-refractivity contribution in [3.8, 4) is 0 Å². The summed E-state index contributed by atoms with van der Waals surface area (Å²) in [7, 11) is 0. The molecule has 5 heteroatoms. The van der Waals surface area contributed by atoms with Gasteiger partial charge < -0.3 is 0 Å². The Hall–Kier alpha value is 2.43. The fraction of sp³-hybridized carbons (Fsp3) is 0. The van der Waals surface area contributed by atoms with Gasteiger partial charge in [-0.1, -0.05) is 0 Å². The molecule has 5 heavy (non-hydrogen) atoms. The monoisotopic (exact) mass is 286 g/mol. The second kappa shape index (κ2) is 32.1. The van der Waals surface area contributed by atoms with Crippen LogP contribution in [0.5, 0.6) is 0 Å². The summed E-state index contributed by atoms with van der Waals surface area (Å²) in [6.45, 7) is 0. The molecule has 4 radical (unpaired) electrons. The molecule has 0 fully saturated rings. The zero-order valence-electron chi connectivity index (χ0n) is 1.71. The molecule has 0 atom stereocenters. The van der Waals surface area contributed by atoms with Crippen LogP contribution in [-0.2, 0) is 68.3 Å². The van der Waals surface area contributed by atoms with E-state index in [1.165, 1.54) is 0 Å². The maximum absolute atomic E-state index is 0. The molecule has 0 unspecified atom stereocenters. The van der Waals surface area contributed by atoms with Crippen LogP contribution >= 0.6 is 13.5 Å². The van der Waals surface area contributed by atoms with E-state index >= 15 is 0 Å². The van der Waals surface area contributed by atoms with Crippen LogP contribution < -0.4 is 0 Å². The minimum atomic E-state index is 0. The third-order valence-corrected chi connectivity index (χ3v) is 0. The quantitative estimate of drug-likeness (QED) is 0.555. The molecule has 0 aliphatic heterocycles. The predicted octanol–water partition coefficient (Wildman–Crippen LogP) is 0.103. The molecule has 0 amide bonds. The van der Waals surface area contributed by atoms with Gasteiger partial charge in [-0.15, -0.1) is 0 Å². The van der Waals surface area contributed by atoms with Crippen molar-refractivity contribution in [3.63, 3.8) is 0 Å². The second-order valence-corrected chi connectivity index (χ2v) is 0. The molecule has 0 heterocycles.